The Morgan fingerprint density at radius 1 is 1.11 bits per heavy atom. The van der Waals surface area contributed by atoms with E-state index in [1.54, 1.807) is 0 Å². The van der Waals surface area contributed by atoms with Gasteiger partial charge in [0.1, 0.15) is 5.82 Å². The van der Waals surface area contributed by atoms with E-state index in [1.807, 2.05) is 0 Å². The molecular weight excluding hydrogens is 234 g/mol. The number of aryl methyl sites for hydroxylation is 2. The Morgan fingerprint density at radius 2 is 1.89 bits per heavy atom. The number of benzene rings is 1. The Kier molecular flexibility index (Phi) is 3.15. The van der Waals surface area contributed by atoms with Gasteiger partial charge in [-0.3, -0.25) is 4.90 Å². The zero-order valence-electron chi connectivity index (χ0n) is 12.0. The fourth-order valence-corrected chi connectivity index (χ4v) is 2.83. The molecule has 0 N–H and O–H groups in total. The van der Waals surface area contributed by atoms with Gasteiger partial charge in [0.25, 0.3) is 0 Å². The van der Waals surface area contributed by atoms with Gasteiger partial charge in [-0.15, -0.1) is 0 Å². The summed E-state index contributed by atoms with van der Waals surface area (Å²) >= 11 is 0. The number of aromatic nitrogens is 2. The van der Waals surface area contributed by atoms with Crippen molar-refractivity contribution in [2.24, 2.45) is 0 Å². The molecule has 1 aliphatic heterocycles. The molecule has 2 heterocycles. The molecule has 0 unspecified atom stereocenters. The molecule has 0 saturated carbocycles. The van der Waals surface area contributed by atoms with Crippen molar-refractivity contribution in [2.45, 2.75) is 40.4 Å². The van der Waals surface area contributed by atoms with Crippen LogP contribution in [0.3, 0.4) is 0 Å². The molecule has 0 spiro atoms. The average molecular weight is 255 g/mol. The predicted octanol–water partition coefficient (Wildman–Crippen LogP) is 2.82. The first kappa shape index (κ1) is 12.4. The lowest BCUT2D eigenvalue weighted by molar-refractivity contribution is 0.207. The van der Waals surface area contributed by atoms with E-state index >= 15 is 0 Å². The van der Waals surface area contributed by atoms with Gasteiger partial charge in [-0.05, 0) is 31.9 Å². The van der Waals surface area contributed by atoms with Crippen molar-refractivity contribution >= 4 is 0 Å². The zero-order chi connectivity index (χ0) is 13.4. The molecule has 3 heteroatoms. The lowest BCUT2D eigenvalue weighted by atomic mass is 10.1. The average Bonchev–Trinajstić information content (AvgIpc) is 2.68. The van der Waals surface area contributed by atoms with Crippen molar-refractivity contribution < 1.29 is 0 Å². The van der Waals surface area contributed by atoms with Crippen LogP contribution in [0.5, 0.6) is 0 Å². The minimum Gasteiger partial charge on any atom is -0.330 e. The molecule has 0 radical (unpaired) electrons. The fraction of sp³-hybridized carbons (Fsp3) is 0.438. The summed E-state index contributed by atoms with van der Waals surface area (Å²) in [5.74, 6) is 1.22. The van der Waals surface area contributed by atoms with Crippen LogP contribution in [0.15, 0.2) is 24.3 Å². The van der Waals surface area contributed by atoms with E-state index in [4.69, 9.17) is 0 Å². The van der Waals surface area contributed by atoms with Crippen LogP contribution in [0.1, 0.15) is 28.3 Å². The maximum Gasteiger partial charge on any atom is 0.123 e. The number of hydrogen-bond acceptors (Lipinski definition) is 2. The van der Waals surface area contributed by atoms with Crippen molar-refractivity contribution in [3.63, 3.8) is 0 Å². The Hall–Kier alpha value is -1.61. The minimum absolute atomic E-state index is 0.961. The summed E-state index contributed by atoms with van der Waals surface area (Å²) in [7, 11) is 0. The van der Waals surface area contributed by atoms with E-state index in [-0.39, 0.29) is 0 Å². The van der Waals surface area contributed by atoms with E-state index in [0.29, 0.717) is 0 Å². The van der Waals surface area contributed by atoms with E-state index < -0.39 is 0 Å². The quantitative estimate of drug-likeness (QED) is 0.823. The van der Waals surface area contributed by atoms with Crippen molar-refractivity contribution in [1.82, 2.24) is 14.5 Å². The number of imidazole rings is 1. The number of hydrogen-bond donors (Lipinski definition) is 0. The number of fused-ring (bicyclic) bond motifs is 1. The van der Waals surface area contributed by atoms with Crippen molar-refractivity contribution in [3.8, 4) is 0 Å². The van der Waals surface area contributed by atoms with Crippen LogP contribution in [0.2, 0.25) is 0 Å². The summed E-state index contributed by atoms with van der Waals surface area (Å²) in [5.41, 5.74) is 5.30. The molecule has 0 fully saturated rings. The van der Waals surface area contributed by atoms with E-state index in [0.717, 1.165) is 26.2 Å². The second-order valence-corrected chi connectivity index (χ2v) is 5.49. The summed E-state index contributed by atoms with van der Waals surface area (Å²) < 4.78 is 2.36. The first-order valence-electron chi connectivity index (χ1n) is 6.94. The van der Waals surface area contributed by atoms with Crippen LogP contribution in [0, 0.1) is 20.8 Å². The SMILES string of the molecule is Cc1ccccc1CN1CCn2c(nc(C)c2C)C1. The lowest BCUT2D eigenvalue weighted by Crippen LogP contribution is -2.33. The lowest BCUT2D eigenvalue weighted by Gasteiger charge is -2.28. The molecule has 1 aromatic carbocycles. The van der Waals surface area contributed by atoms with Gasteiger partial charge < -0.3 is 4.57 Å². The fourth-order valence-electron chi connectivity index (χ4n) is 2.83. The first-order chi connectivity index (χ1) is 9.15. The van der Waals surface area contributed by atoms with Crippen LogP contribution in [0.4, 0.5) is 0 Å². The highest BCUT2D eigenvalue weighted by molar-refractivity contribution is 5.25. The molecule has 100 valence electrons. The van der Waals surface area contributed by atoms with Gasteiger partial charge in [0.05, 0.1) is 12.2 Å². The molecule has 0 saturated heterocycles. The molecule has 3 nitrogen and oxygen atoms in total. The molecule has 2 aromatic rings. The third kappa shape index (κ3) is 2.30. The Bertz CT molecular complexity index is 598. The standard InChI is InChI=1S/C16H21N3/c1-12-6-4-5-7-15(12)10-18-8-9-19-14(3)13(2)17-16(19)11-18/h4-7H,8-11H2,1-3H3. The number of nitrogens with zero attached hydrogens (tertiary/aromatic N) is 3. The molecule has 3 rings (SSSR count). The Labute approximate surface area is 114 Å². The molecule has 0 bridgehead atoms. The zero-order valence-corrected chi connectivity index (χ0v) is 12.0. The summed E-state index contributed by atoms with van der Waals surface area (Å²) in [5, 5.41) is 0. The van der Waals surface area contributed by atoms with Crippen LogP contribution in [-0.2, 0) is 19.6 Å². The first-order valence-corrected chi connectivity index (χ1v) is 6.94. The van der Waals surface area contributed by atoms with Crippen LogP contribution in [-0.4, -0.2) is 21.0 Å². The van der Waals surface area contributed by atoms with E-state index in [2.05, 4.69) is 59.5 Å². The van der Waals surface area contributed by atoms with E-state index in [9.17, 15) is 0 Å². The highest BCUT2D eigenvalue weighted by atomic mass is 15.2. The van der Waals surface area contributed by atoms with Crippen molar-refractivity contribution in [1.29, 1.82) is 0 Å². The third-order valence-corrected chi connectivity index (χ3v) is 4.20. The van der Waals surface area contributed by atoms with Crippen molar-refractivity contribution in [3.05, 3.63) is 52.6 Å². The molecule has 1 aromatic heterocycles. The molecule has 1 aliphatic rings. The van der Waals surface area contributed by atoms with Gasteiger partial charge in [0, 0.05) is 25.3 Å². The van der Waals surface area contributed by atoms with Crippen LogP contribution >= 0.6 is 0 Å². The van der Waals surface area contributed by atoms with Gasteiger partial charge in [-0.25, -0.2) is 4.98 Å². The van der Waals surface area contributed by atoms with E-state index in [1.165, 1.54) is 28.3 Å². The largest absolute Gasteiger partial charge is 0.330 e. The highest BCUT2D eigenvalue weighted by Gasteiger charge is 2.20. The molecular formula is C16H21N3. The van der Waals surface area contributed by atoms with Gasteiger partial charge in [0.15, 0.2) is 0 Å². The highest BCUT2D eigenvalue weighted by Crippen LogP contribution is 2.19. The third-order valence-electron chi connectivity index (χ3n) is 4.20. The molecule has 0 amide bonds. The van der Waals surface area contributed by atoms with Gasteiger partial charge in [-0.1, -0.05) is 24.3 Å². The summed E-state index contributed by atoms with van der Waals surface area (Å²) in [6.45, 7) is 10.6. The van der Waals surface area contributed by atoms with Crippen LogP contribution in [0.25, 0.3) is 0 Å². The molecule has 0 atom stereocenters. The normalized spacial score (nSPS) is 15.5. The van der Waals surface area contributed by atoms with Gasteiger partial charge in [-0.2, -0.15) is 0 Å². The van der Waals surface area contributed by atoms with Gasteiger partial charge in [0.2, 0.25) is 0 Å². The predicted molar refractivity (Wildman–Crippen MR) is 77.0 cm³/mol. The molecule has 19 heavy (non-hydrogen) atoms. The van der Waals surface area contributed by atoms with Crippen LogP contribution < -0.4 is 0 Å². The monoisotopic (exact) mass is 255 g/mol. The maximum absolute atomic E-state index is 4.69. The summed E-state index contributed by atoms with van der Waals surface area (Å²) in [6, 6.07) is 8.65. The topological polar surface area (TPSA) is 21.1 Å². The van der Waals surface area contributed by atoms with Gasteiger partial charge >= 0.3 is 0 Å². The summed E-state index contributed by atoms with van der Waals surface area (Å²) in [4.78, 5) is 7.18. The summed E-state index contributed by atoms with van der Waals surface area (Å²) in [6.07, 6.45) is 0. The second kappa shape index (κ2) is 4.82. The smallest absolute Gasteiger partial charge is 0.123 e. The minimum atomic E-state index is 0.961. The Balaban J connectivity index is 1.78. The second-order valence-electron chi connectivity index (χ2n) is 5.49. The van der Waals surface area contributed by atoms with Crippen molar-refractivity contribution in [2.75, 3.05) is 6.54 Å². The number of rotatable bonds is 2. The maximum atomic E-state index is 4.69. The Morgan fingerprint density at radius 3 is 2.68 bits per heavy atom. The molecule has 0 aliphatic carbocycles.